The number of hydrogen-bond acceptors (Lipinski definition) is 2. The van der Waals surface area contributed by atoms with E-state index in [9.17, 15) is 5.11 Å². The van der Waals surface area contributed by atoms with Crippen LogP contribution >= 0.6 is 0 Å². The van der Waals surface area contributed by atoms with Gasteiger partial charge in [0.05, 0.1) is 6.10 Å². The average Bonchev–Trinajstić information content (AvgIpc) is 2.93. The van der Waals surface area contributed by atoms with E-state index < -0.39 is 0 Å². The van der Waals surface area contributed by atoms with Crippen LogP contribution in [0.5, 0.6) is 11.5 Å². The lowest BCUT2D eigenvalue weighted by Gasteiger charge is -2.12. The third-order valence-electron chi connectivity index (χ3n) is 2.61. The zero-order valence-corrected chi connectivity index (χ0v) is 9.36. The van der Waals surface area contributed by atoms with Crippen molar-refractivity contribution >= 4 is 0 Å². The predicted octanol–water partition coefficient (Wildman–Crippen LogP) is 3.13. The van der Waals surface area contributed by atoms with Crippen LogP contribution in [0.4, 0.5) is 0 Å². The Labute approximate surface area is 90.9 Å². The summed E-state index contributed by atoms with van der Waals surface area (Å²) in [6.07, 6.45) is 3.87. The van der Waals surface area contributed by atoms with Crippen LogP contribution in [0.25, 0.3) is 0 Å². The molecule has 1 saturated carbocycles. The van der Waals surface area contributed by atoms with Crippen LogP contribution in [-0.2, 0) is 6.42 Å². The predicted molar refractivity (Wildman–Crippen MR) is 60.3 cm³/mol. The molecule has 0 amide bonds. The second-order valence-corrected chi connectivity index (χ2v) is 4.62. The lowest BCUT2D eigenvalue weighted by atomic mass is 10.1. The van der Waals surface area contributed by atoms with Crippen molar-refractivity contribution in [3.63, 3.8) is 0 Å². The van der Waals surface area contributed by atoms with Gasteiger partial charge in [-0.3, -0.25) is 0 Å². The van der Waals surface area contributed by atoms with Gasteiger partial charge in [-0.1, -0.05) is 6.07 Å². The van der Waals surface area contributed by atoms with E-state index in [1.54, 1.807) is 0 Å². The van der Waals surface area contributed by atoms with Crippen molar-refractivity contribution < 1.29 is 9.84 Å². The second kappa shape index (κ2) is 4.13. The highest BCUT2D eigenvalue weighted by Crippen LogP contribution is 2.35. The maximum Gasteiger partial charge on any atom is 0.161 e. The van der Waals surface area contributed by atoms with Gasteiger partial charge in [0.25, 0.3) is 0 Å². The van der Waals surface area contributed by atoms with E-state index in [2.05, 4.69) is 6.07 Å². The lowest BCUT2D eigenvalue weighted by molar-refractivity contribution is 0.232. The topological polar surface area (TPSA) is 29.5 Å². The molecule has 1 N–H and O–H groups in total. The molecular weight excluding hydrogens is 188 g/mol. The number of ether oxygens (including phenoxy) is 1. The van der Waals surface area contributed by atoms with E-state index in [-0.39, 0.29) is 11.9 Å². The fourth-order valence-electron chi connectivity index (χ4n) is 1.70. The Morgan fingerprint density at radius 2 is 2.13 bits per heavy atom. The van der Waals surface area contributed by atoms with Crippen molar-refractivity contribution in [3.8, 4) is 11.5 Å². The molecule has 0 heterocycles. The number of aromatic hydroxyl groups is 1. The Morgan fingerprint density at radius 1 is 1.40 bits per heavy atom. The Bertz CT molecular complexity index is 340. The molecule has 2 nitrogen and oxygen atoms in total. The van der Waals surface area contributed by atoms with E-state index >= 15 is 0 Å². The summed E-state index contributed by atoms with van der Waals surface area (Å²) in [6.45, 7) is 3.91. The quantitative estimate of drug-likeness (QED) is 0.820. The molecule has 0 unspecified atom stereocenters. The summed E-state index contributed by atoms with van der Waals surface area (Å²) >= 11 is 0. The first-order valence-electron chi connectivity index (χ1n) is 5.63. The molecular formula is C13H18O2. The molecule has 1 aliphatic rings. The Balaban J connectivity index is 2.07. The van der Waals surface area contributed by atoms with Crippen molar-refractivity contribution in [3.05, 3.63) is 23.8 Å². The summed E-state index contributed by atoms with van der Waals surface area (Å²) in [6, 6.07) is 5.75. The lowest BCUT2D eigenvalue weighted by Crippen LogP contribution is -2.05. The van der Waals surface area contributed by atoms with E-state index in [0.29, 0.717) is 5.75 Å². The summed E-state index contributed by atoms with van der Waals surface area (Å²) in [5.74, 6) is 1.70. The number of hydrogen-bond donors (Lipinski definition) is 1. The summed E-state index contributed by atoms with van der Waals surface area (Å²) in [5.41, 5.74) is 1.21. The van der Waals surface area contributed by atoms with E-state index in [0.717, 1.165) is 12.3 Å². The average molecular weight is 206 g/mol. The molecule has 0 bridgehead atoms. The van der Waals surface area contributed by atoms with Gasteiger partial charge in [-0.15, -0.1) is 0 Å². The van der Waals surface area contributed by atoms with E-state index in [1.165, 1.54) is 18.4 Å². The standard InChI is InChI=1S/C13H18O2/c1-9(2)15-13-6-5-11(8-12(13)14)7-10-3-4-10/h5-6,8-10,14H,3-4,7H2,1-2H3. The third kappa shape index (κ3) is 2.88. The van der Waals surface area contributed by atoms with Crippen LogP contribution in [0.1, 0.15) is 32.3 Å². The molecule has 0 atom stereocenters. The van der Waals surface area contributed by atoms with Gasteiger partial charge >= 0.3 is 0 Å². The minimum absolute atomic E-state index is 0.102. The van der Waals surface area contributed by atoms with Gasteiger partial charge in [-0.2, -0.15) is 0 Å². The molecule has 0 radical (unpaired) electrons. The zero-order valence-electron chi connectivity index (χ0n) is 9.36. The Hall–Kier alpha value is -1.18. The first-order chi connectivity index (χ1) is 7.15. The fraction of sp³-hybridized carbons (Fsp3) is 0.538. The van der Waals surface area contributed by atoms with Crippen LogP contribution in [0, 0.1) is 5.92 Å². The Kier molecular flexibility index (Phi) is 2.85. The van der Waals surface area contributed by atoms with Crippen LogP contribution in [-0.4, -0.2) is 11.2 Å². The molecule has 1 aromatic carbocycles. The van der Waals surface area contributed by atoms with Crippen molar-refractivity contribution in [1.29, 1.82) is 0 Å². The molecule has 15 heavy (non-hydrogen) atoms. The van der Waals surface area contributed by atoms with E-state index in [4.69, 9.17) is 4.74 Å². The summed E-state index contributed by atoms with van der Waals surface area (Å²) in [4.78, 5) is 0. The first-order valence-corrected chi connectivity index (χ1v) is 5.63. The van der Waals surface area contributed by atoms with Crippen molar-refractivity contribution in [2.45, 2.75) is 39.2 Å². The molecule has 0 aromatic heterocycles. The van der Waals surface area contributed by atoms with Gasteiger partial charge in [0, 0.05) is 0 Å². The summed E-state index contributed by atoms with van der Waals surface area (Å²) < 4.78 is 5.47. The third-order valence-corrected chi connectivity index (χ3v) is 2.61. The molecule has 2 heteroatoms. The van der Waals surface area contributed by atoms with Crippen LogP contribution in [0.2, 0.25) is 0 Å². The molecule has 0 saturated heterocycles. The number of phenols is 1. The molecule has 2 rings (SSSR count). The smallest absolute Gasteiger partial charge is 0.161 e. The number of rotatable bonds is 4. The van der Waals surface area contributed by atoms with Gasteiger partial charge in [0.15, 0.2) is 11.5 Å². The van der Waals surface area contributed by atoms with E-state index in [1.807, 2.05) is 26.0 Å². The SMILES string of the molecule is CC(C)Oc1ccc(CC2CC2)cc1O. The van der Waals surface area contributed by atoms with Crippen LogP contribution in [0.3, 0.4) is 0 Å². The normalized spacial score (nSPS) is 15.7. The number of phenolic OH excluding ortho intramolecular Hbond substituents is 1. The molecule has 1 aromatic rings. The van der Waals surface area contributed by atoms with Gasteiger partial charge in [-0.05, 0) is 56.7 Å². The highest BCUT2D eigenvalue weighted by Gasteiger charge is 2.21. The van der Waals surface area contributed by atoms with Gasteiger partial charge in [0.1, 0.15) is 0 Å². The maximum atomic E-state index is 9.75. The molecule has 1 fully saturated rings. The zero-order chi connectivity index (χ0) is 10.8. The summed E-state index contributed by atoms with van der Waals surface area (Å²) in [7, 11) is 0. The number of benzene rings is 1. The molecule has 82 valence electrons. The highest BCUT2D eigenvalue weighted by molar-refractivity contribution is 5.42. The van der Waals surface area contributed by atoms with Gasteiger partial charge in [-0.25, -0.2) is 0 Å². The van der Waals surface area contributed by atoms with Crippen LogP contribution in [0.15, 0.2) is 18.2 Å². The largest absolute Gasteiger partial charge is 0.504 e. The summed E-state index contributed by atoms with van der Waals surface area (Å²) in [5, 5.41) is 9.75. The minimum atomic E-state index is 0.102. The highest BCUT2D eigenvalue weighted by atomic mass is 16.5. The molecule has 1 aliphatic carbocycles. The van der Waals surface area contributed by atoms with Crippen molar-refractivity contribution in [2.75, 3.05) is 0 Å². The second-order valence-electron chi connectivity index (χ2n) is 4.62. The maximum absolute atomic E-state index is 9.75. The van der Waals surface area contributed by atoms with Crippen LogP contribution < -0.4 is 4.74 Å². The first kappa shape index (κ1) is 10.3. The molecule has 0 aliphatic heterocycles. The fourth-order valence-corrected chi connectivity index (χ4v) is 1.70. The Morgan fingerprint density at radius 3 is 2.67 bits per heavy atom. The van der Waals surface area contributed by atoms with Gasteiger partial charge < -0.3 is 9.84 Å². The molecule has 0 spiro atoms. The van der Waals surface area contributed by atoms with Gasteiger partial charge in [0.2, 0.25) is 0 Å². The van der Waals surface area contributed by atoms with Crippen molar-refractivity contribution in [2.24, 2.45) is 5.92 Å². The minimum Gasteiger partial charge on any atom is -0.504 e. The monoisotopic (exact) mass is 206 g/mol. The van der Waals surface area contributed by atoms with Crippen molar-refractivity contribution in [1.82, 2.24) is 0 Å².